The zero-order chi connectivity index (χ0) is 12.7. The first-order valence-electron chi connectivity index (χ1n) is 6.44. The minimum atomic E-state index is -0.706. The first-order chi connectivity index (χ1) is 8.15. The minimum Gasteiger partial charge on any atom is -0.481 e. The Morgan fingerprint density at radius 3 is 2.82 bits per heavy atom. The van der Waals surface area contributed by atoms with E-state index in [0.29, 0.717) is 6.04 Å². The molecule has 0 aromatic carbocycles. The first kappa shape index (κ1) is 14.4. The number of rotatable bonds is 7. The molecule has 0 aromatic rings. The highest BCUT2D eigenvalue weighted by molar-refractivity contribution is 5.67. The number of nitrogens with zero attached hydrogens (tertiary/aromatic N) is 1. The molecule has 17 heavy (non-hydrogen) atoms. The van der Waals surface area contributed by atoms with E-state index in [4.69, 9.17) is 10.2 Å². The molecule has 0 amide bonds. The minimum absolute atomic E-state index is 0.204. The van der Waals surface area contributed by atoms with Crippen LogP contribution in [0.1, 0.15) is 26.2 Å². The van der Waals surface area contributed by atoms with E-state index >= 15 is 0 Å². The molecule has 1 aliphatic heterocycles. The van der Waals surface area contributed by atoms with E-state index in [2.05, 4.69) is 17.1 Å². The van der Waals surface area contributed by atoms with Gasteiger partial charge in [0.2, 0.25) is 0 Å². The van der Waals surface area contributed by atoms with Crippen molar-refractivity contribution in [3.05, 3.63) is 0 Å². The molecule has 0 radical (unpaired) electrons. The van der Waals surface area contributed by atoms with Crippen LogP contribution in [-0.4, -0.2) is 59.9 Å². The van der Waals surface area contributed by atoms with Crippen molar-refractivity contribution in [2.75, 3.05) is 32.8 Å². The molecular weight excluding hydrogens is 220 g/mol. The summed E-state index contributed by atoms with van der Waals surface area (Å²) in [6, 6.07) is 0.361. The SMILES string of the molecule is CCN1CC(CC(=O)O)CC(NCCCO)C1. The second-order valence-electron chi connectivity index (χ2n) is 4.78. The van der Waals surface area contributed by atoms with Crippen molar-refractivity contribution >= 4 is 5.97 Å². The lowest BCUT2D eigenvalue weighted by Crippen LogP contribution is -2.49. The number of aliphatic hydroxyl groups is 1. The molecule has 5 nitrogen and oxygen atoms in total. The molecule has 1 aliphatic rings. The fourth-order valence-electron chi connectivity index (χ4n) is 2.49. The van der Waals surface area contributed by atoms with E-state index in [1.807, 2.05) is 0 Å². The van der Waals surface area contributed by atoms with Gasteiger partial charge in [0, 0.05) is 32.2 Å². The molecule has 0 spiro atoms. The van der Waals surface area contributed by atoms with E-state index < -0.39 is 5.97 Å². The number of nitrogens with one attached hydrogen (secondary N) is 1. The molecule has 5 heteroatoms. The van der Waals surface area contributed by atoms with Gasteiger partial charge in [-0.05, 0) is 31.8 Å². The number of carboxylic acids is 1. The van der Waals surface area contributed by atoms with Gasteiger partial charge in [-0.25, -0.2) is 0 Å². The molecule has 1 saturated heterocycles. The number of piperidine rings is 1. The van der Waals surface area contributed by atoms with Gasteiger partial charge in [0.05, 0.1) is 0 Å². The number of carbonyl (C=O) groups is 1. The summed E-state index contributed by atoms with van der Waals surface area (Å²) >= 11 is 0. The third kappa shape index (κ3) is 5.48. The molecule has 3 N–H and O–H groups in total. The molecule has 0 bridgehead atoms. The Kier molecular flexibility index (Phi) is 6.47. The van der Waals surface area contributed by atoms with Crippen molar-refractivity contribution in [2.45, 2.75) is 32.2 Å². The Hall–Kier alpha value is -0.650. The summed E-state index contributed by atoms with van der Waals surface area (Å²) in [5.74, 6) is -0.463. The second-order valence-corrected chi connectivity index (χ2v) is 4.78. The van der Waals surface area contributed by atoms with Crippen molar-refractivity contribution < 1.29 is 15.0 Å². The van der Waals surface area contributed by atoms with Gasteiger partial charge in [0.1, 0.15) is 0 Å². The number of likely N-dealkylation sites (N-methyl/N-ethyl adjacent to an activating group) is 1. The molecular formula is C12H24N2O3. The summed E-state index contributed by atoms with van der Waals surface area (Å²) in [4.78, 5) is 13.1. The molecule has 2 unspecified atom stereocenters. The molecule has 1 rings (SSSR count). The van der Waals surface area contributed by atoms with Gasteiger partial charge in [-0.1, -0.05) is 6.92 Å². The average Bonchev–Trinajstić information content (AvgIpc) is 2.28. The van der Waals surface area contributed by atoms with E-state index in [9.17, 15) is 4.79 Å². The van der Waals surface area contributed by atoms with E-state index in [1.165, 1.54) is 0 Å². The van der Waals surface area contributed by atoms with Crippen LogP contribution in [0, 0.1) is 5.92 Å². The predicted molar refractivity (Wildman–Crippen MR) is 66.0 cm³/mol. The summed E-state index contributed by atoms with van der Waals surface area (Å²) in [6.07, 6.45) is 1.94. The lowest BCUT2D eigenvalue weighted by Gasteiger charge is -2.37. The Balaban J connectivity index is 2.39. The van der Waals surface area contributed by atoms with Gasteiger partial charge in [0.25, 0.3) is 0 Å². The number of aliphatic carboxylic acids is 1. The second kappa shape index (κ2) is 7.63. The number of likely N-dealkylation sites (tertiary alicyclic amines) is 1. The fourth-order valence-corrected chi connectivity index (χ4v) is 2.49. The Morgan fingerprint density at radius 1 is 1.47 bits per heavy atom. The zero-order valence-electron chi connectivity index (χ0n) is 10.6. The summed E-state index contributed by atoms with van der Waals surface area (Å²) in [5, 5.41) is 21.0. The van der Waals surface area contributed by atoms with Crippen LogP contribution in [-0.2, 0) is 4.79 Å². The molecule has 1 fully saturated rings. The van der Waals surface area contributed by atoms with Crippen LogP contribution in [0.2, 0.25) is 0 Å². The van der Waals surface area contributed by atoms with Gasteiger partial charge in [-0.15, -0.1) is 0 Å². The number of hydrogen-bond acceptors (Lipinski definition) is 4. The highest BCUT2D eigenvalue weighted by Gasteiger charge is 2.27. The highest BCUT2D eigenvalue weighted by Crippen LogP contribution is 2.19. The summed E-state index contributed by atoms with van der Waals surface area (Å²) in [5.41, 5.74) is 0. The van der Waals surface area contributed by atoms with Crippen LogP contribution in [0.5, 0.6) is 0 Å². The molecule has 100 valence electrons. The molecule has 0 aliphatic carbocycles. The largest absolute Gasteiger partial charge is 0.481 e. The summed E-state index contributed by atoms with van der Waals surface area (Å²) in [7, 11) is 0. The maximum absolute atomic E-state index is 10.8. The third-order valence-electron chi connectivity index (χ3n) is 3.29. The fraction of sp³-hybridized carbons (Fsp3) is 0.917. The van der Waals surface area contributed by atoms with Gasteiger partial charge >= 0.3 is 5.97 Å². The van der Waals surface area contributed by atoms with Crippen molar-refractivity contribution in [3.8, 4) is 0 Å². The Bertz CT molecular complexity index is 236. The van der Waals surface area contributed by atoms with Crippen LogP contribution in [0.15, 0.2) is 0 Å². The first-order valence-corrected chi connectivity index (χ1v) is 6.44. The number of hydrogen-bond donors (Lipinski definition) is 3. The Labute approximate surface area is 103 Å². The number of carboxylic acid groups (broad SMARTS) is 1. The number of aliphatic hydroxyl groups excluding tert-OH is 1. The molecule has 0 saturated carbocycles. The lowest BCUT2D eigenvalue weighted by molar-refractivity contribution is -0.138. The van der Waals surface area contributed by atoms with Gasteiger partial charge in [-0.3, -0.25) is 4.79 Å². The van der Waals surface area contributed by atoms with Gasteiger partial charge in [0.15, 0.2) is 0 Å². The summed E-state index contributed by atoms with van der Waals surface area (Å²) < 4.78 is 0. The molecule has 1 heterocycles. The van der Waals surface area contributed by atoms with E-state index in [0.717, 1.165) is 39.0 Å². The van der Waals surface area contributed by atoms with Crippen LogP contribution >= 0.6 is 0 Å². The van der Waals surface area contributed by atoms with Crippen LogP contribution in [0.3, 0.4) is 0 Å². The normalized spacial score (nSPS) is 26.0. The molecule has 2 atom stereocenters. The van der Waals surface area contributed by atoms with Crippen molar-refractivity contribution in [3.63, 3.8) is 0 Å². The van der Waals surface area contributed by atoms with Crippen molar-refractivity contribution in [1.29, 1.82) is 0 Å². The molecule has 0 aromatic heterocycles. The van der Waals surface area contributed by atoms with E-state index in [-0.39, 0.29) is 18.9 Å². The van der Waals surface area contributed by atoms with Gasteiger partial charge < -0.3 is 20.4 Å². The maximum Gasteiger partial charge on any atom is 0.303 e. The monoisotopic (exact) mass is 244 g/mol. The maximum atomic E-state index is 10.8. The third-order valence-corrected chi connectivity index (χ3v) is 3.29. The lowest BCUT2D eigenvalue weighted by atomic mass is 9.91. The smallest absolute Gasteiger partial charge is 0.303 e. The van der Waals surface area contributed by atoms with Gasteiger partial charge in [-0.2, -0.15) is 0 Å². The highest BCUT2D eigenvalue weighted by atomic mass is 16.4. The topological polar surface area (TPSA) is 72.8 Å². The zero-order valence-corrected chi connectivity index (χ0v) is 10.6. The predicted octanol–water partition coefficient (Wildman–Crippen LogP) is 0.144. The quantitative estimate of drug-likeness (QED) is 0.556. The average molecular weight is 244 g/mol. The van der Waals surface area contributed by atoms with Crippen molar-refractivity contribution in [1.82, 2.24) is 10.2 Å². The van der Waals surface area contributed by atoms with Crippen molar-refractivity contribution in [2.24, 2.45) is 5.92 Å². The van der Waals surface area contributed by atoms with E-state index in [1.54, 1.807) is 0 Å². The van der Waals surface area contributed by atoms with Crippen LogP contribution < -0.4 is 5.32 Å². The van der Waals surface area contributed by atoms with Crippen LogP contribution in [0.25, 0.3) is 0 Å². The Morgan fingerprint density at radius 2 is 2.24 bits per heavy atom. The summed E-state index contributed by atoms with van der Waals surface area (Å²) in [6.45, 7) is 5.95. The van der Waals surface area contributed by atoms with Crippen LogP contribution in [0.4, 0.5) is 0 Å². The standard InChI is InChI=1S/C12H24N2O3/c1-2-14-8-10(7-12(16)17)6-11(9-14)13-4-3-5-15/h10-11,13,15H,2-9H2,1H3,(H,16,17).